The summed E-state index contributed by atoms with van der Waals surface area (Å²) >= 11 is 0. The van der Waals surface area contributed by atoms with Crippen LogP contribution in [0.3, 0.4) is 0 Å². The van der Waals surface area contributed by atoms with Crippen molar-refractivity contribution >= 4 is 35.6 Å². The van der Waals surface area contributed by atoms with Crippen LogP contribution in [0.15, 0.2) is 0 Å². The number of nitrogens with one attached hydrogen (secondary N) is 2. The number of hydrogen-bond donors (Lipinski definition) is 3. The number of piperidine rings is 3. The van der Waals surface area contributed by atoms with E-state index in [9.17, 15) is 45.8 Å². The number of carbonyl (C=O) groups is 3. The molecular formula is C23H30F6N8O4. The second-order valence-corrected chi connectivity index (χ2v) is 10.3. The Labute approximate surface area is 230 Å². The highest BCUT2D eigenvalue weighted by molar-refractivity contribution is 5.82. The molecule has 0 unspecified atom stereocenters. The lowest BCUT2D eigenvalue weighted by Crippen LogP contribution is -2.49. The molecular weight excluding hydrogens is 566 g/mol. The van der Waals surface area contributed by atoms with Crippen LogP contribution in [0.1, 0.15) is 38.5 Å². The number of alkyl halides is 6. The Kier molecular flexibility index (Phi) is 8.96. The molecule has 41 heavy (non-hydrogen) atoms. The molecule has 0 radical (unpaired) electrons. The molecule has 228 valence electrons. The highest BCUT2D eigenvalue weighted by atomic mass is 19.4. The first kappa shape index (κ1) is 30.4. The minimum absolute atomic E-state index is 0.215. The smallest absolute Gasteiger partial charge is 0.471 e. The quantitative estimate of drug-likeness (QED) is 0.413. The third kappa shape index (κ3) is 7.78. The molecule has 18 heteroatoms. The van der Waals surface area contributed by atoms with Crippen molar-refractivity contribution in [1.29, 1.82) is 0 Å². The molecule has 3 aliphatic rings. The molecule has 4 heterocycles. The van der Waals surface area contributed by atoms with E-state index in [0.29, 0.717) is 25.9 Å². The molecule has 3 aliphatic heterocycles. The van der Waals surface area contributed by atoms with Crippen LogP contribution >= 0.6 is 0 Å². The Morgan fingerprint density at radius 1 is 0.610 bits per heavy atom. The number of nitrogens with zero attached hydrogens (tertiary/aromatic N) is 6. The van der Waals surface area contributed by atoms with Gasteiger partial charge in [0.05, 0.1) is 5.92 Å². The standard InChI is InChI=1S/C23H30F6N8O4/c24-22(25,26)17(40)30-14-3-9-36(10-4-14)20-32-19(35-7-1-13(2-8-35)16(38)39)33-21(34-20)37-11-5-15(6-12-37)31-18(41)23(27,28)29/h13-15H,1-12H2,(H,30,40)(H,31,41)(H,38,39). The topological polar surface area (TPSA) is 144 Å². The molecule has 0 spiro atoms. The van der Waals surface area contributed by atoms with Gasteiger partial charge < -0.3 is 30.4 Å². The molecule has 2 amide bonds. The monoisotopic (exact) mass is 596 g/mol. The highest BCUT2D eigenvalue weighted by Gasteiger charge is 2.41. The number of anilines is 3. The molecule has 1 aromatic heterocycles. The van der Waals surface area contributed by atoms with Gasteiger partial charge in [-0.1, -0.05) is 0 Å². The fraction of sp³-hybridized carbons (Fsp3) is 0.739. The summed E-state index contributed by atoms with van der Waals surface area (Å²) in [6.07, 6.45) is -8.35. The van der Waals surface area contributed by atoms with Gasteiger partial charge in [-0.15, -0.1) is 0 Å². The predicted octanol–water partition coefficient (Wildman–Crippen LogP) is 1.47. The van der Waals surface area contributed by atoms with E-state index in [1.807, 2.05) is 15.5 Å². The van der Waals surface area contributed by atoms with Gasteiger partial charge in [0.15, 0.2) is 0 Å². The molecule has 12 nitrogen and oxygen atoms in total. The number of halogens is 6. The van der Waals surface area contributed by atoms with E-state index < -0.39 is 48.1 Å². The first-order valence-corrected chi connectivity index (χ1v) is 13.2. The third-order valence-electron chi connectivity index (χ3n) is 7.47. The highest BCUT2D eigenvalue weighted by Crippen LogP contribution is 2.28. The summed E-state index contributed by atoms with van der Waals surface area (Å²) in [7, 11) is 0. The summed E-state index contributed by atoms with van der Waals surface area (Å²) in [5, 5.41) is 13.3. The van der Waals surface area contributed by atoms with Crippen LogP contribution in [0.5, 0.6) is 0 Å². The molecule has 3 N–H and O–H groups in total. The summed E-state index contributed by atoms with van der Waals surface area (Å²) < 4.78 is 75.8. The van der Waals surface area contributed by atoms with E-state index in [4.69, 9.17) is 0 Å². The Morgan fingerprint density at radius 2 is 0.902 bits per heavy atom. The molecule has 1 aromatic rings. The van der Waals surface area contributed by atoms with Gasteiger partial charge in [0.2, 0.25) is 17.8 Å². The van der Waals surface area contributed by atoms with Crippen molar-refractivity contribution in [3.8, 4) is 0 Å². The number of carboxylic acids is 1. The molecule has 3 saturated heterocycles. The first-order chi connectivity index (χ1) is 19.2. The number of carbonyl (C=O) groups excluding carboxylic acids is 2. The molecule has 0 aliphatic carbocycles. The zero-order valence-electron chi connectivity index (χ0n) is 21.8. The van der Waals surface area contributed by atoms with Crippen molar-refractivity contribution in [2.75, 3.05) is 54.0 Å². The molecule has 4 rings (SSSR count). The fourth-order valence-electron chi connectivity index (χ4n) is 5.08. The van der Waals surface area contributed by atoms with Gasteiger partial charge in [-0.2, -0.15) is 41.3 Å². The summed E-state index contributed by atoms with van der Waals surface area (Å²) in [5.74, 6) is -4.60. The third-order valence-corrected chi connectivity index (χ3v) is 7.47. The van der Waals surface area contributed by atoms with Crippen LogP contribution in [0.25, 0.3) is 0 Å². The first-order valence-electron chi connectivity index (χ1n) is 13.2. The Balaban J connectivity index is 1.47. The number of aliphatic carboxylic acids is 1. The van der Waals surface area contributed by atoms with Gasteiger partial charge >= 0.3 is 30.1 Å². The predicted molar refractivity (Wildman–Crippen MR) is 131 cm³/mol. The normalized spacial score (nSPS) is 20.2. The molecule has 0 bridgehead atoms. The molecule has 0 atom stereocenters. The number of hydrogen-bond acceptors (Lipinski definition) is 9. The zero-order chi connectivity index (χ0) is 29.9. The van der Waals surface area contributed by atoms with Gasteiger partial charge in [0.25, 0.3) is 0 Å². The van der Waals surface area contributed by atoms with Gasteiger partial charge in [0.1, 0.15) is 0 Å². The SMILES string of the molecule is O=C(O)C1CCN(c2nc(N3CCC(NC(=O)C(F)(F)F)CC3)nc(N3CCC(NC(=O)C(F)(F)F)CC3)n2)CC1. The largest absolute Gasteiger partial charge is 0.481 e. The lowest BCUT2D eigenvalue weighted by atomic mass is 9.97. The maximum atomic E-state index is 12.6. The minimum atomic E-state index is -4.98. The van der Waals surface area contributed by atoms with Crippen LogP contribution in [-0.4, -0.2) is 102 Å². The van der Waals surface area contributed by atoms with Crippen molar-refractivity contribution in [2.45, 2.75) is 63.0 Å². The van der Waals surface area contributed by atoms with Crippen molar-refractivity contribution in [1.82, 2.24) is 25.6 Å². The minimum Gasteiger partial charge on any atom is -0.481 e. The van der Waals surface area contributed by atoms with Crippen molar-refractivity contribution < 1.29 is 45.8 Å². The molecule has 0 saturated carbocycles. The van der Waals surface area contributed by atoms with E-state index in [1.165, 1.54) is 0 Å². The second kappa shape index (κ2) is 12.1. The number of carboxylic acid groups (broad SMARTS) is 1. The van der Waals surface area contributed by atoms with Gasteiger partial charge in [-0.3, -0.25) is 14.4 Å². The maximum absolute atomic E-state index is 12.6. The number of rotatable bonds is 6. The maximum Gasteiger partial charge on any atom is 0.471 e. The molecule has 0 aromatic carbocycles. The van der Waals surface area contributed by atoms with E-state index >= 15 is 0 Å². The van der Waals surface area contributed by atoms with Crippen molar-refractivity contribution in [2.24, 2.45) is 5.92 Å². The lowest BCUT2D eigenvalue weighted by Gasteiger charge is -2.36. The van der Waals surface area contributed by atoms with Crippen LogP contribution < -0.4 is 25.3 Å². The average molecular weight is 597 g/mol. The average Bonchev–Trinajstić information content (AvgIpc) is 2.92. The van der Waals surface area contributed by atoms with Gasteiger partial charge in [-0.05, 0) is 38.5 Å². The summed E-state index contributed by atoms with van der Waals surface area (Å²) in [5.41, 5.74) is 0. The Morgan fingerprint density at radius 3 is 1.17 bits per heavy atom. The number of amides is 2. The summed E-state index contributed by atoms with van der Waals surface area (Å²) in [6.45, 7) is 1.74. The van der Waals surface area contributed by atoms with Crippen LogP contribution in [0.2, 0.25) is 0 Å². The van der Waals surface area contributed by atoms with Crippen LogP contribution in [0.4, 0.5) is 44.2 Å². The van der Waals surface area contributed by atoms with Gasteiger partial charge in [-0.25, -0.2) is 0 Å². The van der Waals surface area contributed by atoms with E-state index in [1.54, 1.807) is 9.80 Å². The summed E-state index contributed by atoms with van der Waals surface area (Å²) in [4.78, 5) is 53.0. The lowest BCUT2D eigenvalue weighted by molar-refractivity contribution is -0.174. The molecule has 3 fully saturated rings. The Bertz CT molecular complexity index is 1050. The van der Waals surface area contributed by atoms with Crippen molar-refractivity contribution in [3.63, 3.8) is 0 Å². The van der Waals surface area contributed by atoms with E-state index in [0.717, 1.165) is 0 Å². The van der Waals surface area contributed by atoms with Gasteiger partial charge in [0, 0.05) is 51.4 Å². The summed E-state index contributed by atoms with van der Waals surface area (Å²) in [6, 6.07) is -1.36. The van der Waals surface area contributed by atoms with Crippen LogP contribution in [0, 0.1) is 5.92 Å². The fourth-order valence-corrected chi connectivity index (χ4v) is 5.08. The zero-order valence-corrected chi connectivity index (χ0v) is 21.8. The Hall–Kier alpha value is -3.60. The number of aromatic nitrogens is 3. The van der Waals surface area contributed by atoms with Crippen LogP contribution in [-0.2, 0) is 14.4 Å². The van der Waals surface area contributed by atoms with E-state index in [-0.39, 0.29) is 69.7 Å². The second-order valence-electron chi connectivity index (χ2n) is 10.3. The van der Waals surface area contributed by atoms with E-state index in [2.05, 4.69) is 15.0 Å². The van der Waals surface area contributed by atoms with Crippen molar-refractivity contribution in [3.05, 3.63) is 0 Å².